The molecule has 2 heterocycles. The maximum atomic E-state index is 12.0. The van der Waals surface area contributed by atoms with E-state index in [9.17, 15) is 4.79 Å². The summed E-state index contributed by atoms with van der Waals surface area (Å²) in [5.74, 6) is 0.135. The summed E-state index contributed by atoms with van der Waals surface area (Å²) in [6.07, 6.45) is 0. The van der Waals surface area contributed by atoms with Gasteiger partial charge in [-0.1, -0.05) is 12.1 Å². The minimum Gasteiger partial charge on any atom is -0.378 e. The molecule has 1 saturated heterocycles. The number of ether oxygens (including phenoxy) is 1. The lowest BCUT2D eigenvalue weighted by Crippen LogP contribution is -2.52. The SMILES string of the molecule is CN1C(=O)CN(CC2COCCN2)c2ccccc21. The van der Waals surface area contributed by atoms with Crippen LogP contribution in [-0.4, -0.2) is 51.8 Å². The van der Waals surface area contributed by atoms with E-state index in [2.05, 4.69) is 16.3 Å². The van der Waals surface area contributed by atoms with Gasteiger partial charge in [0.25, 0.3) is 0 Å². The summed E-state index contributed by atoms with van der Waals surface area (Å²) in [5, 5.41) is 3.43. The quantitative estimate of drug-likeness (QED) is 0.840. The molecule has 1 unspecified atom stereocenters. The summed E-state index contributed by atoms with van der Waals surface area (Å²) >= 11 is 0. The van der Waals surface area contributed by atoms with Crippen molar-refractivity contribution in [3.63, 3.8) is 0 Å². The number of carbonyl (C=O) groups excluding carboxylic acids is 1. The zero-order chi connectivity index (χ0) is 13.2. The van der Waals surface area contributed by atoms with Crippen LogP contribution in [0.1, 0.15) is 0 Å². The van der Waals surface area contributed by atoms with E-state index in [-0.39, 0.29) is 11.9 Å². The smallest absolute Gasteiger partial charge is 0.246 e. The summed E-state index contributed by atoms with van der Waals surface area (Å²) < 4.78 is 5.48. The van der Waals surface area contributed by atoms with Gasteiger partial charge in [0.1, 0.15) is 0 Å². The van der Waals surface area contributed by atoms with Gasteiger partial charge in [0.05, 0.1) is 31.1 Å². The van der Waals surface area contributed by atoms with Crippen molar-refractivity contribution >= 4 is 17.3 Å². The van der Waals surface area contributed by atoms with Crippen molar-refractivity contribution in [1.82, 2.24) is 5.32 Å². The molecule has 1 aromatic carbocycles. The predicted octanol–water partition coefficient (Wildman–Crippen LogP) is 0.458. The number of benzene rings is 1. The molecule has 3 rings (SSSR count). The number of rotatable bonds is 2. The molecule has 2 aliphatic heterocycles. The second-order valence-corrected chi connectivity index (χ2v) is 5.05. The first-order chi connectivity index (χ1) is 9.25. The van der Waals surface area contributed by atoms with Crippen LogP contribution < -0.4 is 15.1 Å². The van der Waals surface area contributed by atoms with Crippen LogP contribution >= 0.6 is 0 Å². The van der Waals surface area contributed by atoms with Crippen molar-refractivity contribution < 1.29 is 9.53 Å². The molecule has 5 heteroatoms. The van der Waals surface area contributed by atoms with Gasteiger partial charge in [0.2, 0.25) is 5.91 Å². The highest BCUT2D eigenvalue weighted by atomic mass is 16.5. The standard InChI is InChI=1S/C14H19N3O2/c1-16-12-4-2-3-5-13(12)17(9-14(16)18)8-11-10-19-7-6-15-11/h2-5,11,15H,6-10H2,1H3. The Kier molecular flexibility index (Phi) is 3.40. The molecule has 0 saturated carbocycles. The number of para-hydroxylation sites is 2. The number of morpholine rings is 1. The average molecular weight is 261 g/mol. The largest absolute Gasteiger partial charge is 0.378 e. The Morgan fingerprint density at radius 1 is 1.37 bits per heavy atom. The first-order valence-corrected chi connectivity index (χ1v) is 6.67. The molecule has 5 nitrogen and oxygen atoms in total. The van der Waals surface area contributed by atoms with Crippen molar-refractivity contribution in [3.8, 4) is 0 Å². The lowest BCUT2D eigenvalue weighted by Gasteiger charge is -2.38. The first kappa shape index (κ1) is 12.4. The third-order valence-electron chi connectivity index (χ3n) is 3.72. The fraction of sp³-hybridized carbons (Fsp3) is 0.500. The van der Waals surface area contributed by atoms with Gasteiger partial charge >= 0.3 is 0 Å². The highest BCUT2D eigenvalue weighted by Crippen LogP contribution is 2.32. The van der Waals surface area contributed by atoms with E-state index in [1.807, 2.05) is 25.2 Å². The second-order valence-electron chi connectivity index (χ2n) is 5.05. The van der Waals surface area contributed by atoms with Gasteiger partial charge in [0.15, 0.2) is 0 Å². The maximum Gasteiger partial charge on any atom is 0.246 e. The fourth-order valence-corrected chi connectivity index (χ4v) is 2.67. The van der Waals surface area contributed by atoms with Gasteiger partial charge in [-0.25, -0.2) is 0 Å². The lowest BCUT2D eigenvalue weighted by atomic mass is 10.1. The molecule has 102 valence electrons. The minimum atomic E-state index is 0.135. The van der Waals surface area contributed by atoms with Gasteiger partial charge in [-0.05, 0) is 12.1 Å². The van der Waals surface area contributed by atoms with E-state index in [4.69, 9.17) is 4.74 Å². The molecule has 0 aliphatic carbocycles. The second kappa shape index (κ2) is 5.19. The van der Waals surface area contributed by atoms with E-state index < -0.39 is 0 Å². The van der Waals surface area contributed by atoms with Gasteiger partial charge in [0, 0.05) is 26.2 Å². The zero-order valence-corrected chi connectivity index (χ0v) is 11.1. The van der Waals surface area contributed by atoms with Crippen molar-refractivity contribution in [3.05, 3.63) is 24.3 Å². The Morgan fingerprint density at radius 3 is 2.89 bits per heavy atom. The van der Waals surface area contributed by atoms with E-state index in [0.717, 1.165) is 31.1 Å². The fourth-order valence-electron chi connectivity index (χ4n) is 2.67. The molecule has 2 aliphatic rings. The van der Waals surface area contributed by atoms with Crippen LogP contribution in [0.5, 0.6) is 0 Å². The molecule has 1 aromatic rings. The van der Waals surface area contributed by atoms with Crippen LogP contribution in [0.15, 0.2) is 24.3 Å². The third kappa shape index (κ3) is 2.43. The molecule has 0 bridgehead atoms. The van der Waals surface area contributed by atoms with Crippen molar-refractivity contribution in [2.75, 3.05) is 49.7 Å². The molecule has 0 aromatic heterocycles. The van der Waals surface area contributed by atoms with Gasteiger partial charge < -0.3 is 19.9 Å². The highest BCUT2D eigenvalue weighted by molar-refractivity contribution is 6.02. The number of anilines is 2. The monoisotopic (exact) mass is 261 g/mol. The predicted molar refractivity (Wildman–Crippen MR) is 74.7 cm³/mol. The normalized spacial score (nSPS) is 23.4. The van der Waals surface area contributed by atoms with E-state index >= 15 is 0 Å². The molecule has 1 fully saturated rings. The third-order valence-corrected chi connectivity index (χ3v) is 3.72. The van der Waals surface area contributed by atoms with Gasteiger partial charge in [-0.15, -0.1) is 0 Å². The molecule has 19 heavy (non-hydrogen) atoms. The molecule has 1 amide bonds. The molecular formula is C14H19N3O2. The van der Waals surface area contributed by atoms with Crippen LogP contribution in [-0.2, 0) is 9.53 Å². The molecule has 0 spiro atoms. The minimum absolute atomic E-state index is 0.135. The van der Waals surface area contributed by atoms with Crippen LogP contribution in [0.3, 0.4) is 0 Å². The van der Waals surface area contributed by atoms with Crippen LogP contribution in [0, 0.1) is 0 Å². The van der Waals surface area contributed by atoms with E-state index in [1.165, 1.54) is 0 Å². The number of likely N-dealkylation sites (N-methyl/N-ethyl adjacent to an activating group) is 1. The lowest BCUT2D eigenvalue weighted by molar-refractivity contribution is -0.117. The molecule has 0 radical (unpaired) electrons. The number of hydrogen-bond donors (Lipinski definition) is 1. The van der Waals surface area contributed by atoms with Crippen LogP contribution in [0.25, 0.3) is 0 Å². The van der Waals surface area contributed by atoms with Crippen LogP contribution in [0.2, 0.25) is 0 Å². The molecule has 1 N–H and O–H groups in total. The Hall–Kier alpha value is -1.59. The number of nitrogens with one attached hydrogen (secondary N) is 1. The average Bonchev–Trinajstić information content (AvgIpc) is 2.46. The van der Waals surface area contributed by atoms with Crippen molar-refractivity contribution in [2.45, 2.75) is 6.04 Å². The number of nitrogens with zero attached hydrogens (tertiary/aromatic N) is 2. The Morgan fingerprint density at radius 2 is 2.16 bits per heavy atom. The van der Waals surface area contributed by atoms with Crippen molar-refractivity contribution in [1.29, 1.82) is 0 Å². The van der Waals surface area contributed by atoms with E-state index in [1.54, 1.807) is 4.90 Å². The summed E-state index contributed by atoms with van der Waals surface area (Å²) in [5.41, 5.74) is 2.10. The summed E-state index contributed by atoms with van der Waals surface area (Å²) in [6.45, 7) is 3.60. The molecule has 1 atom stereocenters. The van der Waals surface area contributed by atoms with Crippen molar-refractivity contribution in [2.24, 2.45) is 0 Å². The highest BCUT2D eigenvalue weighted by Gasteiger charge is 2.28. The maximum absolute atomic E-state index is 12.0. The molecular weight excluding hydrogens is 242 g/mol. The first-order valence-electron chi connectivity index (χ1n) is 6.67. The summed E-state index contributed by atoms with van der Waals surface area (Å²) in [4.78, 5) is 15.9. The summed E-state index contributed by atoms with van der Waals surface area (Å²) in [6, 6.07) is 8.33. The Bertz CT molecular complexity index is 472. The number of carbonyl (C=O) groups is 1. The topological polar surface area (TPSA) is 44.8 Å². The number of fused-ring (bicyclic) bond motifs is 1. The van der Waals surface area contributed by atoms with E-state index in [0.29, 0.717) is 13.2 Å². The number of hydrogen-bond acceptors (Lipinski definition) is 4. The Labute approximate surface area is 113 Å². The van der Waals surface area contributed by atoms with Gasteiger partial charge in [-0.2, -0.15) is 0 Å². The summed E-state index contributed by atoms with van der Waals surface area (Å²) in [7, 11) is 1.83. The Balaban J connectivity index is 1.81. The zero-order valence-electron chi connectivity index (χ0n) is 11.1. The van der Waals surface area contributed by atoms with Crippen LogP contribution in [0.4, 0.5) is 11.4 Å². The van der Waals surface area contributed by atoms with Gasteiger partial charge in [-0.3, -0.25) is 4.79 Å². The number of amides is 1.